The van der Waals surface area contributed by atoms with Gasteiger partial charge in [-0.25, -0.2) is 9.37 Å². The van der Waals surface area contributed by atoms with Gasteiger partial charge < -0.3 is 15.4 Å². The average molecular weight is 502 g/mol. The van der Waals surface area contributed by atoms with Crippen molar-refractivity contribution in [2.75, 3.05) is 18.8 Å². The SMILES string of the molecule is C[C@H]1CCCN(C(=O)c2ccc(-c3cnc(N)c(O[C@@H](C)c4c(Cl)ccc(F)c4Cl)c3)cc2)C1. The molecule has 1 saturated heterocycles. The maximum absolute atomic E-state index is 13.9. The van der Waals surface area contributed by atoms with E-state index in [-0.39, 0.29) is 16.7 Å². The van der Waals surface area contributed by atoms with Crippen LogP contribution in [0.25, 0.3) is 11.1 Å². The number of nitrogens with zero attached hydrogens (tertiary/aromatic N) is 2. The van der Waals surface area contributed by atoms with E-state index in [9.17, 15) is 9.18 Å². The molecule has 8 heteroatoms. The van der Waals surface area contributed by atoms with Crippen molar-refractivity contribution in [2.24, 2.45) is 5.92 Å². The number of amides is 1. The van der Waals surface area contributed by atoms with Gasteiger partial charge in [-0.3, -0.25) is 4.79 Å². The summed E-state index contributed by atoms with van der Waals surface area (Å²) in [5, 5.41) is 0.205. The molecule has 1 fully saturated rings. The molecular weight excluding hydrogens is 476 g/mol. The number of hydrogen-bond donors (Lipinski definition) is 1. The fourth-order valence-electron chi connectivity index (χ4n) is 4.23. The molecule has 2 atom stereocenters. The minimum atomic E-state index is -0.665. The van der Waals surface area contributed by atoms with Crippen molar-refractivity contribution in [3.63, 3.8) is 0 Å². The van der Waals surface area contributed by atoms with Gasteiger partial charge in [-0.05, 0) is 61.6 Å². The fraction of sp³-hybridized carbons (Fsp3) is 0.308. The second-order valence-corrected chi connectivity index (χ2v) is 9.49. The molecule has 1 aliphatic heterocycles. The first-order valence-electron chi connectivity index (χ1n) is 11.2. The summed E-state index contributed by atoms with van der Waals surface area (Å²) in [6.45, 7) is 5.47. The summed E-state index contributed by atoms with van der Waals surface area (Å²) >= 11 is 12.3. The number of hydrogen-bond acceptors (Lipinski definition) is 4. The van der Waals surface area contributed by atoms with Crippen LogP contribution in [0.15, 0.2) is 48.7 Å². The number of nitrogen functional groups attached to an aromatic ring is 1. The Balaban J connectivity index is 1.54. The highest BCUT2D eigenvalue weighted by molar-refractivity contribution is 6.36. The summed E-state index contributed by atoms with van der Waals surface area (Å²) in [6, 6.07) is 11.8. The lowest BCUT2D eigenvalue weighted by molar-refractivity contribution is 0.0683. The highest BCUT2D eigenvalue weighted by atomic mass is 35.5. The number of anilines is 1. The van der Waals surface area contributed by atoms with Crippen LogP contribution in [-0.2, 0) is 0 Å². The molecular formula is C26H26Cl2FN3O2. The fourth-order valence-corrected chi connectivity index (χ4v) is 4.91. The largest absolute Gasteiger partial charge is 0.482 e. The van der Waals surface area contributed by atoms with E-state index in [2.05, 4.69) is 11.9 Å². The van der Waals surface area contributed by atoms with Gasteiger partial charge in [0.05, 0.1) is 5.02 Å². The zero-order chi connectivity index (χ0) is 24.4. The molecule has 1 aliphatic rings. The molecule has 1 amide bonds. The van der Waals surface area contributed by atoms with Gasteiger partial charge in [0.1, 0.15) is 11.9 Å². The summed E-state index contributed by atoms with van der Waals surface area (Å²) in [6.07, 6.45) is 3.17. The third-order valence-electron chi connectivity index (χ3n) is 6.08. The van der Waals surface area contributed by atoms with Crippen LogP contribution in [0, 0.1) is 11.7 Å². The van der Waals surface area contributed by atoms with Gasteiger partial charge in [-0.1, -0.05) is 42.3 Å². The molecule has 0 bridgehead atoms. The Morgan fingerprint density at radius 2 is 1.94 bits per heavy atom. The zero-order valence-electron chi connectivity index (χ0n) is 19.0. The Morgan fingerprint density at radius 3 is 2.65 bits per heavy atom. The highest BCUT2D eigenvalue weighted by Gasteiger charge is 2.22. The molecule has 0 unspecified atom stereocenters. The van der Waals surface area contributed by atoms with E-state index in [1.807, 2.05) is 29.2 Å². The molecule has 0 aliphatic carbocycles. The molecule has 178 valence electrons. The van der Waals surface area contributed by atoms with E-state index in [4.69, 9.17) is 33.7 Å². The normalized spacial score (nSPS) is 16.9. The van der Waals surface area contributed by atoms with E-state index >= 15 is 0 Å². The number of aromatic nitrogens is 1. The molecule has 5 nitrogen and oxygen atoms in total. The third-order valence-corrected chi connectivity index (χ3v) is 6.79. The molecule has 1 aromatic heterocycles. The lowest BCUT2D eigenvalue weighted by Gasteiger charge is -2.31. The van der Waals surface area contributed by atoms with E-state index in [0.29, 0.717) is 27.8 Å². The minimum Gasteiger partial charge on any atom is -0.482 e. The molecule has 2 heterocycles. The van der Waals surface area contributed by atoms with Gasteiger partial charge in [-0.2, -0.15) is 0 Å². The first-order valence-corrected chi connectivity index (χ1v) is 12.0. The standard InChI is InChI=1S/C26H26Cl2FN3O2/c1-15-4-3-11-32(14-15)26(33)18-7-5-17(6-8-18)19-12-22(25(30)31-13-19)34-16(2)23-20(27)9-10-21(29)24(23)28/h5-10,12-13,15-16H,3-4,11,14H2,1-2H3,(H2,30,31)/t15-,16-/m0/s1. The maximum atomic E-state index is 13.9. The van der Waals surface area contributed by atoms with Crippen LogP contribution >= 0.6 is 23.2 Å². The Hall–Kier alpha value is -2.83. The number of rotatable bonds is 5. The number of carbonyl (C=O) groups is 1. The predicted molar refractivity (Wildman–Crippen MR) is 134 cm³/mol. The molecule has 2 aromatic carbocycles. The number of carbonyl (C=O) groups excluding carboxylic acids is 1. The topological polar surface area (TPSA) is 68.5 Å². The number of ether oxygens (including phenoxy) is 1. The second kappa shape index (κ2) is 10.2. The highest BCUT2D eigenvalue weighted by Crippen LogP contribution is 2.37. The Kier molecular flexibility index (Phi) is 7.29. The van der Waals surface area contributed by atoms with Crippen LogP contribution < -0.4 is 10.5 Å². The van der Waals surface area contributed by atoms with Gasteiger partial charge >= 0.3 is 0 Å². The van der Waals surface area contributed by atoms with Crippen LogP contribution in [-0.4, -0.2) is 28.9 Å². The van der Waals surface area contributed by atoms with E-state index in [1.165, 1.54) is 12.1 Å². The second-order valence-electron chi connectivity index (χ2n) is 8.70. The first-order chi connectivity index (χ1) is 16.2. The number of likely N-dealkylation sites (tertiary alicyclic amines) is 1. The van der Waals surface area contributed by atoms with Gasteiger partial charge in [0.25, 0.3) is 5.91 Å². The van der Waals surface area contributed by atoms with E-state index in [1.54, 1.807) is 19.2 Å². The first kappa shape index (κ1) is 24.3. The van der Waals surface area contributed by atoms with Crippen molar-refractivity contribution < 1.29 is 13.9 Å². The van der Waals surface area contributed by atoms with Crippen molar-refractivity contribution in [2.45, 2.75) is 32.8 Å². The van der Waals surface area contributed by atoms with Crippen molar-refractivity contribution >= 4 is 34.9 Å². The minimum absolute atomic E-state index is 0.0511. The molecule has 0 spiro atoms. The van der Waals surface area contributed by atoms with Gasteiger partial charge in [0.2, 0.25) is 0 Å². The predicted octanol–water partition coefficient (Wildman–Crippen LogP) is 6.79. The zero-order valence-corrected chi connectivity index (χ0v) is 20.5. The Labute approximate surface area is 208 Å². The summed E-state index contributed by atoms with van der Waals surface area (Å²) in [5.41, 5.74) is 8.64. The summed E-state index contributed by atoms with van der Waals surface area (Å²) in [7, 11) is 0. The van der Waals surface area contributed by atoms with Gasteiger partial charge in [0.15, 0.2) is 11.6 Å². The molecule has 0 saturated carbocycles. The summed E-state index contributed by atoms with van der Waals surface area (Å²) in [4.78, 5) is 19.0. The molecule has 34 heavy (non-hydrogen) atoms. The van der Waals surface area contributed by atoms with Crippen LogP contribution in [0.5, 0.6) is 5.75 Å². The third kappa shape index (κ3) is 5.13. The van der Waals surface area contributed by atoms with Crippen molar-refractivity contribution in [1.82, 2.24) is 9.88 Å². The van der Waals surface area contributed by atoms with Crippen LogP contribution in [0.2, 0.25) is 10.0 Å². The Bertz CT molecular complexity index is 1200. The monoisotopic (exact) mass is 501 g/mol. The van der Waals surface area contributed by atoms with Gasteiger partial charge in [-0.15, -0.1) is 0 Å². The number of halogens is 3. The smallest absolute Gasteiger partial charge is 0.253 e. The van der Waals surface area contributed by atoms with Crippen LogP contribution in [0.1, 0.15) is 48.7 Å². The average Bonchev–Trinajstić information content (AvgIpc) is 2.83. The lowest BCUT2D eigenvalue weighted by atomic mass is 9.99. The number of nitrogens with two attached hydrogens (primary N) is 1. The number of pyridine rings is 1. The lowest BCUT2D eigenvalue weighted by Crippen LogP contribution is -2.39. The molecule has 0 radical (unpaired) electrons. The van der Waals surface area contributed by atoms with Crippen molar-refractivity contribution in [3.8, 4) is 16.9 Å². The summed E-state index contributed by atoms with van der Waals surface area (Å²) < 4.78 is 19.9. The van der Waals surface area contributed by atoms with E-state index in [0.717, 1.165) is 37.1 Å². The van der Waals surface area contributed by atoms with Crippen LogP contribution in [0.4, 0.5) is 10.2 Å². The molecule has 3 aromatic rings. The number of benzene rings is 2. The summed E-state index contributed by atoms with van der Waals surface area (Å²) in [5.74, 6) is 0.505. The van der Waals surface area contributed by atoms with Crippen molar-refractivity contribution in [3.05, 3.63) is 75.7 Å². The van der Waals surface area contributed by atoms with Crippen molar-refractivity contribution in [1.29, 1.82) is 0 Å². The molecule has 4 rings (SSSR count). The molecule has 2 N–H and O–H groups in total. The quantitative estimate of drug-likeness (QED) is 0.390. The number of piperidine rings is 1. The maximum Gasteiger partial charge on any atom is 0.253 e. The van der Waals surface area contributed by atoms with E-state index < -0.39 is 11.9 Å². The van der Waals surface area contributed by atoms with Gasteiger partial charge in [0, 0.05) is 41.0 Å². The van der Waals surface area contributed by atoms with Crippen LogP contribution in [0.3, 0.4) is 0 Å². The Morgan fingerprint density at radius 1 is 1.21 bits per heavy atom.